The highest BCUT2D eigenvalue weighted by molar-refractivity contribution is 5.88. The van der Waals surface area contributed by atoms with E-state index in [1.54, 1.807) is 12.3 Å². The van der Waals surface area contributed by atoms with Gasteiger partial charge in [0.1, 0.15) is 30.1 Å². The van der Waals surface area contributed by atoms with Gasteiger partial charge in [0, 0.05) is 35.5 Å². The van der Waals surface area contributed by atoms with Crippen molar-refractivity contribution in [3.8, 4) is 17.1 Å². The van der Waals surface area contributed by atoms with E-state index in [4.69, 9.17) is 4.74 Å². The Kier molecular flexibility index (Phi) is 6.24. The molecule has 2 aromatic heterocycles. The summed E-state index contributed by atoms with van der Waals surface area (Å²) in [7, 11) is 0. The summed E-state index contributed by atoms with van der Waals surface area (Å²) in [6.45, 7) is 2.40. The fraction of sp³-hybridized carbons (Fsp3) is 0.208. The molecule has 0 amide bonds. The van der Waals surface area contributed by atoms with E-state index in [-0.39, 0.29) is 18.7 Å². The first-order valence-corrected chi connectivity index (χ1v) is 10.2. The molecule has 4 aromatic rings. The second-order valence-corrected chi connectivity index (χ2v) is 7.19. The van der Waals surface area contributed by atoms with Gasteiger partial charge in [-0.2, -0.15) is 0 Å². The average molecular weight is 416 g/mol. The van der Waals surface area contributed by atoms with Crippen LogP contribution in [0.2, 0.25) is 0 Å². The number of ether oxygens (including phenoxy) is 1. The number of aliphatic hydroxyl groups excluding tert-OH is 1. The molecular weight excluding hydrogens is 392 g/mol. The maximum absolute atomic E-state index is 11.8. The van der Waals surface area contributed by atoms with Gasteiger partial charge >= 0.3 is 0 Å². The third kappa shape index (κ3) is 5.07. The van der Waals surface area contributed by atoms with E-state index in [0.29, 0.717) is 18.1 Å². The number of pyridine rings is 1. The normalized spacial score (nSPS) is 11.9. The smallest absolute Gasteiger partial charge is 0.251 e. The third-order valence-electron chi connectivity index (χ3n) is 4.89. The first kappa shape index (κ1) is 20.6. The Hall–Kier alpha value is -3.71. The number of anilines is 1. The van der Waals surface area contributed by atoms with Gasteiger partial charge in [-0.1, -0.05) is 43.3 Å². The van der Waals surface area contributed by atoms with Crippen LogP contribution in [-0.2, 0) is 6.42 Å². The molecule has 0 saturated heterocycles. The Bertz CT molecular complexity index is 1220. The summed E-state index contributed by atoms with van der Waals surface area (Å²) < 4.78 is 5.83. The summed E-state index contributed by atoms with van der Waals surface area (Å²) in [6.07, 6.45) is 1.61. The summed E-state index contributed by atoms with van der Waals surface area (Å²) in [4.78, 5) is 23.3. The number of aliphatic hydroxyl groups is 1. The molecule has 0 fully saturated rings. The maximum atomic E-state index is 11.8. The van der Waals surface area contributed by atoms with Crippen molar-refractivity contribution in [2.45, 2.75) is 19.4 Å². The van der Waals surface area contributed by atoms with E-state index in [1.165, 1.54) is 6.07 Å². The van der Waals surface area contributed by atoms with E-state index >= 15 is 0 Å². The highest BCUT2D eigenvalue weighted by atomic mass is 16.5. The number of hydrogen-bond acceptors (Lipinski definition) is 6. The van der Waals surface area contributed by atoms with E-state index < -0.39 is 6.10 Å². The van der Waals surface area contributed by atoms with Crippen LogP contribution in [0, 0.1) is 0 Å². The standard InChI is InChI=1S/C24H24N4O3/c1-2-18-12-23(30)28-24(27-18)17-10-11-22(25-13-17)26-14-19(29)15-31-21-9-5-7-16-6-3-4-8-20(16)21/h3-13,19,29H,2,14-15H2,1H3,(H,25,26)(H,27,28,30). The van der Waals surface area contributed by atoms with Crippen LogP contribution in [-0.4, -0.2) is 39.3 Å². The van der Waals surface area contributed by atoms with Crippen molar-refractivity contribution >= 4 is 16.6 Å². The zero-order chi connectivity index (χ0) is 21.6. The predicted molar refractivity (Wildman–Crippen MR) is 121 cm³/mol. The number of hydrogen-bond donors (Lipinski definition) is 3. The Morgan fingerprint density at radius 1 is 1.13 bits per heavy atom. The lowest BCUT2D eigenvalue weighted by Crippen LogP contribution is -2.26. The van der Waals surface area contributed by atoms with Crippen LogP contribution in [0.15, 0.2) is 71.7 Å². The number of rotatable bonds is 8. The molecule has 0 radical (unpaired) electrons. The predicted octanol–water partition coefficient (Wildman–Crippen LogP) is 3.40. The van der Waals surface area contributed by atoms with Gasteiger partial charge in [-0.15, -0.1) is 0 Å². The van der Waals surface area contributed by atoms with Gasteiger partial charge in [0.15, 0.2) is 0 Å². The molecule has 1 unspecified atom stereocenters. The average Bonchev–Trinajstić information content (AvgIpc) is 2.81. The summed E-state index contributed by atoms with van der Waals surface area (Å²) in [6, 6.07) is 18.9. The minimum absolute atomic E-state index is 0.161. The number of benzene rings is 2. The monoisotopic (exact) mass is 416 g/mol. The van der Waals surface area contributed by atoms with E-state index in [2.05, 4.69) is 20.3 Å². The molecule has 2 heterocycles. The van der Waals surface area contributed by atoms with Gasteiger partial charge < -0.3 is 20.1 Å². The molecule has 3 N–H and O–H groups in total. The highest BCUT2D eigenvalue weighted by Crippen LogP contribution is 2.25. The SMILES string of the molecule is CCc1cc(=O)[nH]c(-c2ccc(NCC(O)COc3cccc4ccccc34)nc2)n1. The molecule has 1 atom stereocenters. The highest BCUT2D eigenvalue weighted by Gasteiger charge is 2.09. The van der Waals surface area contributed by atoms with Crippen molar-refractivity contribution in [1.29, 1.82) is 0 Å². The van der Waals surface area contributed by atoms with Crippen molar-refractivity contribution in [3.05, 3.63) is 82.9 Å². The van der Waals surface area contributed by atoms with Crippen LogP contribution >= 0.6 is 0 Å². The molecule has 7 nitrogen and oxygen atoms in total. The molecule has 0 aliphatic carbocycles. The topological polar surface area (TPSA) is 100 Å². The molecule has 0 bridgehead atoms. The van der Waals surface area contributed by atoms with Crippen molar-refractivity contribution in [1.82, 2.24) is 15.0 Å². The molecule has 31 heavy (non-hydrogen) atoms. The van der Waals surface area contributed by atoms with Crippen LogP contribution in [0.3, 0.4) is 0 Å². The summed E-state index contributed by atoms with van der Waals surface area (Å²) in [5, 5.41) is 15.5. The molecule has 0 saturated carbocycles. The molecule has 2 aromatic carbocycles. The zero-order valence-electron chi connectivity index (χ0n) is 17.2. The first-order valence-electron chi connectivity index (χ1n) is 10.2. The van der Waals surface area contributed by atoms with Gasteiger partial charge in [-0.3, -0.25) is 4.79 Å². The van der Waals surface area contributed by atoms with Crippen LogP contribution in [0.4, 0.5) is 5.82 Å². The Morgan fingerprint density at radius 3 is 2.77 bits per heavy atom. The second kappa shape index (κ2) is 9.40. The van der Waals surface area contributed by atoms with Gasteiger partial charge in [-0.25, -0.2) is 9.97 Å². The number of aromatic amines is 1. The lowest BCUT2D eigenvalue weighted by atomic mass is 10.1. The number of aryl methyl sites for hydroxylation is 1. The summed E-state index contributed by atoms with van der Waals surface area (Å²) in [5.74, 6) is 1.85. The number of H-pyrrole nitrogens is 1. The Balaban J connectivity index is 1.34. The van der Waals surface area contributed by atoms with Crippen LogP contribution in [0.5, 0.6) is 5.75 Å². The van der Waals surface area contributed by atoms with Crippen molar-refractivity contribution in [3.63, 3.8) is 0 Å². The van der Waals surface area contributed by atoms with E-state index in [1.807, 2.05) is 55.5 Å². The minimum atomic E-state index is -0.709. The Morgan fingerprint density at radius 2 is 1.97 bits per heavy atom. The van der Waals surface area contributed by atoms with Crippen LogP contribution in [0.25, 0.3) is 22.2 Å². The number of aromatic nitrogens is 3. The summed E-state index contributed by atoms with van der Waals surface area (Å²) in [5.41, 5.74) is 1.27. The Labute approximate surface area is 179 Å². The minimum Gasteiger partial charge on any atom is -0.490 e. The molecule has 158 valence electrons. The van der Waals surface area contributed by atoms with E-state index in [9.17, 15) is 9.90 Å². The zero-order valence-corrected chi connectivity index (χ0v) is 17.2. The lowest BCUT2D eigenvalue weighted by molar-refractivity contribution is 0.118. The fourth-order valence-corrected chi connectivity index (χ4v) is 3.25. The molecule has 7 heteroatoms. The third-order valence-corrected chi connectivity index (χ3v) is 4.89. The van der Waals surface area contributed by atoms with Crippen molar-refractivity contribution < 1.29 is 9.84 Å². The van der Waals surface area contributed by atoms with Gasteiger partial charge in [-0.05, 0) is 30.0 Å². The fourth-order valence-electron chi connectivity index (χ4n) is 3.25. The molecule has 4 rings (SSSR count). The largest absolute Gasteiger partial charge is 0.490 e. The van der Waals surface area contributed by atoms with Gasteiger partial charge in [0.2, 0.25) is 0 Å². The molecular formula is C24H24N4O3. The van der Waals surface area contributed by atoms with Crippen molar-refractivity contribution in [2.75, 3.05) is 18.5 Å². The number of nitrogens with one attached hydrogen (secondary N) is 2. The second-order valence-electron chi connectivity index (χ2n) is 7.19. The first-order chi connectivity index (χ1) is 15.1. The quantitative estimate of drug-likeness (QED) is 0.407. The number of fused-ring (bicyclic) bond motifs is 1. The molecule has 0 aliphatic rings. The van der Waals surface area contributed by atoms with Crippen LogP contribution in [0.1, 0.15) is 12.6 Å². The number of nitrogens with zero attached hydrogens (tertiary/aromatic N) is 2. The maximum Gasteiger partial charge on any atom is 0.251 e. The van der Waals surface area contributed by atoms with Gasteiger partial charge in [0.05, 0.1) is 0 Å². The van der Waals surface area contributed by atoms with Crippen LogP contribution < -0.4 is 15.6 Å². The molecule has 0 spiro atoms. The summed E-state index contributed by atoms with van der Waals surface area (Å²) >= 11 is 0. The van der Waals surface area contributed by atoms with Gasteiger partial charge in [0.25, 0.3) is 5.56 Å². The van der Waals surface area contributed by atoms with Crippen molar-refractivity contribution in [2.24, 2.45) is 0 Å². The lowest BCUT2D eigenvalue weighted by Gasteiger charge is -2.15. The van der Waals surface area contributed by atoms with E-state index in [0.717, 1.165) is 27.8 Å². The molecule has 0 aliphatic heterocycles.